The number of rotatable bonds is 4. The molecule has 0 aromatic rings. The van der Waals surface area contributed by atoms with Crippen molar-refractivity contribution in [3.8, 4) is 0 Å². The molecule has 0 N–H and O–H groups in total. The molecule has 0 bridgehead atoms. The van der Waals surface area contributed by atoms with Crippen LogP contribution in [0.2, 0.25) is 0 Å². The van der Waals surface area contributed by atoms with Gasteiger partial charge in [-0.25, -0.2) is 0 Å². The summed E-state index contributed by atoms with van der Waals surface area (Å²) in [5.74, 6) is 0.684. The van der Waals surface area contributed by atoms with Gasteiger partial charge in [-0.15, -0.1) is 0 Å². The van der Waals surface area contributed by atoms with Gasteiger partial charge in [-0.1, -0.05) is 12.2 Å². The van der Waals surface area contributed by atoms with Gasteiger partial charge in [-0.3, -0.25) is 4.79 Å². The standard InChI is InChI=1S/C12H16O3/c1-3-15-12(13)9-6-10-4-7-11(14-2)8-5-10/h4,6-8H,3,5,9H2,1-2H3/b10-6+. The van der Waals surface area contributed by atoms with Gasteiger partial charge in [0.05, 0.1) is 20.1 Å². The largest absolute Gasteiger partial charge is 0.497 e. The molecule has 0 spiro atoms. The molecule has 3 nitrogen and oxygen atoms in total. The molecule has 0 saturated heterocycles. The molecule has 1 aliphatic rings. The Morgan fingerprint density at radius 3 is 2.87 bits per heavy atom. The zero-order valence-electron chi connectivity index (χ0n) is 9.16. The van der Waals surface area contributed by atoms with Crippen molar-refractivity contribution < 1.29 is 14.3 Å². The molecule has 0 aromatic heterocycles. The number of methoxy groups -OCH3 is 1. The maximum absolute atomic E-state index is 11.1. The minimum atomic E-state index is -0.181. The molecule has 0 unspecified atom stereocenters. The lowest BCUT2D eigenvalue weighted by Gasteiger charge is -2.07. The van der Waals surface area contributed by atoms with Crippen LogP contribution in [0, 0.1) is 0 Å². The fraction of sp³-hybridized carbons (Fsp3) is 0.417. The van der Waals surface area contributed by atoms with Crippen molar-refractivity contribution in [2.45, 2.75) is 19.8 Å². The van der Waals surface area contributed by atoms with Crippen LogP contribution < -0.4 is 0 Å². The van der Waals surface area contributed by atoms with Gasteiger partial charge in [0.2, 0.25) is 0 Å². The van der Waals surface area contributed by atoms with Crippen LogP contribution in [0.3, 0.4) is 0 Å². The highest BCUT2D eigenvalue weighted by Gasteiger charge is 2.02. The summed E-state index contributed by atoms with van der Waals surface area (Å²) in [6, 6.07) is 0. The first kappa shape index (κ1) is 11.6. The fourth-order valence-corrected chi connectivity index (χ4v) is 1.28. The van der Waals surface area contributed by atoms with E-state index < -0.39 is 0 Å². The Hall–Kier alpha value is -1.51. The summed E-state index contributed by atoms with van der Waals surface area (Å²) in [7, 11) is 1.64. The van der Waals surface area contributed by atoms with Gasteiger partial charge in [0.1, 0.15) is 5.76 Å². The Labute approximate surface area is 90.1 Å². The summed E-state index contributed by atoms with van der Waals surface area (Å²) in [5, 5.41) is 0. The number of ether oxygens (including phenoxy) is 2. The van der Waals surface area contributed by atoms with E-state index in [4.69, 9.17) is 9.47 Å². The van der Waals surface area contributed by atoms with Crippen molar-refractivity contribution in [3.63, 3.8) is 0 Å². The number of allylic oxidation sites excluding steroid dienone is 4. The van der Waals surface area contributed by atoms with Crippen molar-refractivity contribution in [1.82, 2.24) is 0 Å². The third-order valence-electron chi connectivity index (χ3n) is 2.07. The smallest absolute Gasteiger partial charge is 0.309 e. The van der Waals surface area contributed by atoms with Crippen molar-refractivity contribution in [2.24, 2.45) is 0 Å². The normalized spacial score (nSPS) is 17.5. The summed E-state index contributed by atoms with van der Waals surface area (Å²) in [6.45, 7) is 2.24. The summed E-state index contributed by atoms with van der Waals surface area (Å²) in [5.41, 5.74) is 1.11. The van der Waals surface area contributed by atoms with E-state index >= 15 is 0 Å². The highest BCUT2D eigenvalue weighted by atomic mass is 16.5. The summed E-state index contributed by atoms with van der Waals surface area (Å²) in [6.07, 6.45) is 8.86. The summed E-state index contributed by atoms with van der Waals surface area (Å²) in [4.78, 5) is 11.1. The maximum atomic E-state index is 11.1. The van der Waals surface area contributed by atoms with E-state index in [1.54, 1.807) is 14.0 Å². The van der Waals surface area contributed by atoms with Crippen molar-refractivity contribution in [3.05, 3.63) is 35.6 Å². The Kier molecular flexibility index (Phi) is 4.68. The zero-order chi connectivity index (χ0) is 11.1. The van der Waals surface area contributed by atoms with Crippen LogP contribution in [0.15, 0.2) is 35.6 Å². The average Bonchev–Trinajstić information content (AvgIpc) is 2.27. The van der Waals surface area contributed by atoms with Gasteiger partial charge in [0, 0.05) is 0 Å². The van der Waals surface area contributed by atoms with E-state index in [-0.39, 0.29) is 5.97 Å². The quantitative estimate of drug-likeness (QED) is 0.665. The number of esters is 1. The van der Waals surface area contributed by atoms with E-state index in [1.165, 1.54) is 0 Å². The molecular weight excluding hydrogens is 192 g/mol. The summed E-state index contributed by atoms with van der Waals surface area (Å²) < 4.78 is 9.89. The molecule has 0 aliphatic heterocycles. The van der Waals surface area contributed by atoms with Crippen LogP contribution in [-0.2, 0) is 14.3 Å². The number of carbonyl (C=O) groups is 1. The van der Waals surface area contributed by atoms with Gasteiger partial charge in [-0.2, -0.15) is 0 Å². The molecule has 1 aliphatic carbocycles. The first-order chi connectivity index (χ1) is 7.26. The minimum absolute atomic E-state index is 0.181. The van der Waals surface area contributed by atoms with Gasteiger partial charge in [0.25, 0.3) is 0 Å². The Morgan fingerprint density at radius 1 is 1.53 bits per heavy atom. The first-order valence-electron chi connectivity index (χ1n) is 5.03. The van der Waals surface area contributed by atoms with Crippen molar-refractivity contribution >= 4 is 5.97 Å². The second kappa shape index (κ2) is 6.06. The lowest BCUT2D eigenvalue weighted by molar-refractivity contribution is -0.142. The fourth-order valence-electron chi connectivity index (χ4n) is 1.28. The van der Waals surface area contributed by atoms with Crippen LogP contribution in [-0.4, -0.2) is 19.7 Å². The minimum Gasteiger partial charge on any atom is -0.497 e. The average molecular weight is 208 g/mol. The predicted octanol–water partition coefficient (Wildman–Crippen LogP) is 2.36. The molecule has 0 heterocycles. The molecule has 82 valence electrons. The molecule has 3 heteroatoms. The van der Waals surface area contributed by atoms with Gasteiger partial charge >= 0.3 is 5.97 Å². The van der Waals surface area contributed by atoms with E-state index in [2.05, 4.69) is 0 Å². The molecule has 15 heavy (non-hydrogen) atoms. The Balaban J connectivity index is 2.41. The molecule has 0 fully saturated rings. The number of hydrogen-bond acceptors (Lipinski definition) is 3. The lowest BCUT2D eigenvalue weighted by atomic mass is 10.1. The van der Waals surface area contributed by atoms with Crippen molar-refractivity contribution in [2.75, 3.05) is 13.7 Å². The first-order valence-corrected chi connectivity index (χ1v) is 5.03. The molecule has 0 radical (unpaired) electrons. The lowest BCUT2D eigenvalue weighted by Crippen LogP contribution is -2.02. The van der Waals surface area contributed by atoms with E-state index in [9.17, 15) is 4.79 Å². The molecular formula is C12H16O3. The predicted molar refractivity (Wildman–Crippen MR) is 58.2 cm³/mol. The van der Waals surface area contributed by atoms with Crippen LogP contribution in [0.25, 0.3) is 0 Å². The monoisotopic (exact) mass is 208 g/mol. The van der Waals surface area contributed by atoms with Crippen molar-refractivity contribution in [1.29, 1.82) is 0 Å². The molecule has 1 rings (SSSR count). The number of carbonyl (C=O) groups excluding carboxylic acids is 1. The highest BCUT2D eigenvalue weighted by molar-refractivity contribution is 5.71. The van der Waals surface area contributed by atoms with Gasteiger partial charge in [-0.05, 0) is 31.1 Å². The zero-order valence-corrected chi connectivity index (χ0v) is 9.16. The topological polar surface area (TPSA) is 35.5 Å². The van der Waals surface area contributed by atoms with Gasteiger partial charge in [0.15, 0.2) is 0 Å². The highest BCUT2D eigenvalue weighted by Crippen LogP contribution is 2.16. The molecule has 0 aromatic carbocycles. The Morgan fingerprint density at radius 2 is 2.33 bits per heavy atom. The second-order valence-electron chi connectivity index (χ2n) is 3.14. The van der Waals surface area contributed by atoms with Gasteiger partial charge < -0.3 is 9.47 Å². The van der Waals surface area contributed by atoms with E-state index in [1.807, 2.05) is 24.3 Å². The van der Waals surface area contributed by atoms with Crippen LogP contribution in [0.4, 0.5) is 0 Å². The van der Waals surface area contributed by atoms with Crippen LogP contribution in [0.5, 0.6) is 0 Å². The molecule has 0 atom stereocenters. The molecule has 0 amide bonds. The maximum Gasteiger partial charge on any atom is 0.309 e. The van der Waals surface area contributed by atoms with E-state index in [0.717, 1.165) is 17.8 Å². The number of hydrogen-bond donors (Lipinski definition) is 0. The third-order valence-corrected chi connectivity index (χ3v) is 2.07. The third kappa shape index (κ3) is 4.02. The van der Waals surface area contributed by atoms with E-state index in [0.29, 0.717) is 13.0 Å². The van der Waals surface area contributed by atoms with Crippen LogP contribution in [0.1, 0.15) is 19.8 Å². The summed E-state index contributed by atoms with van der Waals surface area (Å²) >= 11 is 0. The van der Waals surface area contributed by atoms with Crippen LogP contribution >= 0.6 is 0 Å². The second-order valence-corrected chi connectivity index (χ2v) is 3.14. The SMILES string of the molecule is CCOC(=O)C/C=C1\C=CC(OC)=CC1. The Bertz CT molecular complexity index is 311. The molecule has 0 saturated carbocycles.